The summed E-state index contributed by atoms with van der Waals surface area (Å²) in [7, 11) is -3.53. The molecule has 0 radical (unpaired) electrons. The highest BCUT2D eigenvalue weighted by atomic mass is 32.2. The van der Waals surface area contributed by atoms with Crippen LogP contribution in [0.4, 0.5) is 0 Å². The molecule has 3 aromatic carbocycles. The van der Waals surface area contributed by atoms with E-state index in [0.717, 1.165) is 22.4 Å². The topological polar surface area (TPSA) is 43.4 Å². The molecule has 0 fully saturated rings. The first-order valence-electron chi connectivity index (χ1n) is 8.03. The molecule has 0 aliphatic carbocycles. The van der Waals surface area contributed by atoms with Crippen LogP contribution in [-0.4, -0.2) is 8.42 Å². The van der Waals surface area contributed by atoms with Crippen LogP contribution in [0.5, 0.6) is 11.5 Å². The Kier molecular flexibility index (Phi) is 4.64. The van der Waals surface area contributed by atoms with Gasteiger partial charge in [0.1, 0.15) is 11.5 Å². The molecule has 0 aliphatic rings. The summed E-state index contributed by atoms with van der Waals surface area (Å²) >= 11 is 0. The third kappa shape index (κ3) is 3.74. The van der Waals surface area contributed by atoms with Gasteiger partial charge in [0.05, 0.1) is 9.79 Å². The van der Waals surface area contributed by atoms with Crippen molar-refractivity contribution in [1.82, 2.24) is 0 Å². The monoisotopic (exact) mass is 352 g/mol. The van der Waals surface area contributed by atoms with E-state index in [4.69, 9.17) is 4.74 Å². The lowest BCUT2D eigenvalue weighted by atomic mass is 10.1. The molecule has 0 heterocycles. The number of rotatable bonds is 4. The number of sulfone groups is 1. The standard InChI is InChI=1S/C21H20O3S/c1-15-4-7-18(8-5-15)24-19-9-12-20(13-10-19)25(22,23)21-11-6-16(2)17(3)14-21/h4-14H,1-3H3. The van der Waals surface area contributed by atoms with Crippen molar-refractivity contribution in [3.8, 4) is 11.5 Å². The van der Waals surface area contributed by atoms with E-state index in [0.29, 0.717) is 10.6 Å². The van der Waals surface area contributed by atoms with Gasteiger partial charge < -0.3 is 4.74 Å². The molecule has 0 N–H and O–H groups in total. The summed E-state index contributed by atoms with van der Waals surface area (Å²) in [5.74, 6) is 1.32. The van der Waals surface area contributed by atoms with E-state index in [1.165, 1.54) is 0 Å². The minimum absolute atomic E-state index is 0.256. The van der Waals surface area contributed by atoms with E-state index >= 15 is 0 Å². The molecule has 0 aromatic heterocycles. The first-order chi connectivity index (χ1) is 11.9. The van der Waals surface area contributed by atoms with Gasteiger partial charge in [-0.2, -0.15) is 0 Å². The van der Waals surface area contributed by atoms with Gasteiger partial charge >= 0.3 is 0 Å². The Morgan fingerprint density at radius 2 is 1.16 bits per heavy atom. The van der Waals surface area contributed by atoms with Crippen LogP contribution in [0.3, 0.4) is 0 Å². The van der Waals surface area contributed by atoms with Crippen molar-refractivity contribution in [1.29, 1.82) is 0 Å². The number of ether oxygens (including phenoxy) is 1. The zero-order chi connectivity index (χ0) is 18.0. The van der Waals surface area contributed by atoms with Crippen LogP contribution in [0.1, 0.15) is 16.7 Å². The van der Waals surface area contributed by atoms with Crippen LogP contribution in [0.25, 0.3) is 0 Å². The third-order valence-corrected chi connectivity index (χ3v) is 5.95. The smallest absolute Gasteiger partial charge is 0.206 e. The van der Waals surface area contributed by atoms with Crippen molar-refractivity contribution in [3.63, 3.8) is 0 Å². The number of hydrogen-bond acceptors (Lipinski definition) is 3. The fourth-order valence-electron chi connectivity index (χ4n) is 2.45. The van der Waals surface area contributed by atoms with Crippen molar-refractivity contribution in [2.75, 3.05) is 0 Å². The zero-order valence-electron chi connectivity index (χ0n) is 14.5. The summed E-state index contributed by atoms with van der Waals surface area (Å²) in [6.07, 6.45) is 0. The maximum Gasteiger partial charge on any atom is 0.206 e. The second-order valence-corrected chi connectivity index (χ2v) is 8.09. The molecule has 3 aromatic rings. The van der Waals surface area contributed by atoms with Crippen molar-refractivity contribution < 1.29 is 13.2 Å². The number of aryl methyl sites for hydroxylation is 3. The van der Waals surface area contributed by atoms with Gasteiger partial charge in [0, 0.05) is 0 Å². The van der Waals surface area contributed by atoms with Gasteiger partial charge in [0.25, 0.3) is 0 Å². The fraction of sp³-hybridized carbons (Fsp3) is 0.143. The summed E-state index contributed by atoms with van der Waals surface area (Å²) < 4.78 is 31.3. The highest BCUT2D eigenvalue weighted by molar-refractivity contribution is 7.91. The van der Waals surface area contributed by atoms with Crippen LogP contribution in [0, 0.1) is 20.8 Å². The van der Waals surface area contributed by atoms with Crippen LogP contribution in [0.2, 0.25) is 0 Å². The lowest BCUT2D eigenvalue weighted by Gasteiger charge is -2.09. The fourth-order valence-corrected chi connectivity index (χ4v) is 3.79. The normalized spacial score (nSPS) is 11.3. The first-order valence-corrected chi connectivity index (χ1v) is 9.51. The van der Waals surface area contributed by atoms with Gasteiger partial charge in [-0.1, -0.05) is 23.8 Å². The molecule has 0 amide bonds. The van der Waals surface area contributed by atoms with E-state index < -0.39 is 9.84 Å². The van der Waals surface area contributed by atoms with Gasteiger partial charge in [-0.25, -0.2) is 8.42 Å². The minimum atomic E-state index is -3.53. The third-order valence-electron chi connectivity index (χ3n) is 4.18. The molecule has 0 saturated carbocycles. The first kappa shape index (κ1) is 17.2. The van der Waals surface area contributed by atoms with Gasteiger partial charge in [-0.05, 0) is 80.4 Å². The van der Waals surface area contributed by atoms with Gasteiger partial charge in [0.2, 0.25) is 9.84 Å². The highest BCUT2D eigenvalue weighted by Gasteiger charge is 2.18. The molecule has 0 unspecified atom stereocenters. The Labute approximate surface area is 148 Å². The van der Waals surface area contributed by atoms with Crippen molar-refractivity contribution in [2.24, 2.45) is 0 Å². The van der Waals surface area contributed by atoms with Crippen LogP contribution in [0.15, 0.2) is 76.5 Å². The molecule has 3 rings (SSSR count). The highest BCUT2D eigenvalue weighted by Crippen LogP contribution is 2.27. The summed E-state index contributed by atoms with van der Waals surface area (Å²) in [6.45, 7) is 5.88. The summed E-state index contributed by atoms with van der Waals surface area (Å²) in [6, 6.07) is 19.4. The van der Waals surface area contributed by atoms with Gasteiger partial charge in [-0.15, -0.1) is 0 Å². The molecule has 3 nitrogen and oxygen atoms in total. The van der Waals surface area contributed by atoms with Gasteiger partial charge in [0.15, 0.2) is 0 Å². The molecule has 0 saturated heterocycles. The zero-order valence-corrected chi connectivity index (χ0v) is 15.3. The SMILES string of the molecule is Cc1ccc(Oc2ccc(S(=O)(=O)c3ccc(C)c(C)c3)cc2)cc1. The van der Waals surface area contributed by atoms with Gasteiger partial charge in [-0.3, -0.25) is 0 Å². The van der Waals surface area contributed by atoms with Crippen molar-refractivity contribution >= 4 is 9.84 Å². The predicted molar refractivity (Wildman–Crippen MR) is 99.1 cm³/mol. The molecule has 25 heavy (non-hydrogen) atoms. The lowest BCUT2D eigenvalue weighted by molar-refractivity contribution is 0.482. The quantitative estimate of drug-likeness (QED) is 0.645. The molecule has 0 spiro atoms. The Morgan fingerprint density at radius 1 is 0.640 bits per heavy atom. The molecule has 128 valence electrons. The Balaban J connectivity index is 1.85. The number of hydrogen-bond donors (Lipinski definition) is 0. The Morgan fingerprint density at radius 3 is 1.72 bits per heavy atom. The van der Waals surface area contributed by atoms with E-state index in [9.17, 15) is 8.42 Å². The second-order valence-electron chi connectivity index (χ2n) is 6.14. The Hall–Kier alpha value is -2.59. The predicted octanol–water partition coefficient (Wildman–Crippen LogP) is 5.24. The molecular weight excluding hydrogens is 332 g/mol. The maximum absolute atomic E-state index is 12.8. The summed E-state index contributed by atoms with van der Waals surface area (Å²) in [4.78, 5) is 0.565. The second kappa shape index (κ2) is 6.73. The summed E-state index contributed by atoms with van der Waals surface area (Å²) in [5.41, 5.74) is 3.18. The van der Waals surface area contributed by atoms with E-state index in [1.54, 1.807) is 36.4 Å². The largest absolute Gasteiger partial charge is 0.457 e. The molecule has 0 atom stereocenters. The molecule has 4 heteroatoms. The molecular formula is C21H20O3S. The van der Waals surface area contributed by atoms with Crippen LogP contribution in [-0.2, 0) is 9.84 Å². The number of benzene rings is 3. The van der Waals surface area contributed by atoms with Crippen LogP contribution >= 0.6 is 0 Å². The molecule has 0 bridgehead atoms. The maximum atomic E-state index is 12.8. The van der Waals surface area contributed by atoms with E-state index in [2.05, 4.69) is 0 Å². The average Bonchev–Trinajstić information content (AvgIpc) is 2.60. The van der Waals surface area contributed by atoms with E-state index in [-0.39, 0.29) is 4.90 Å². The lowest BCUT2D eigenvalue weighted by Crippen LogP contribution is -2.02. The van der Waals surface area contributed by atoms with Crippen molar-refractivity contribution in [3.05, 3.63) is 83.4 Å². The summed E-state index contributed by atoms with van der Waals surface area (Å²) in [5, 5.41) is 0. The minimum Gasteiger partial charge on any atom is -0.457 e. The average molecular weight is 352 g/mol. The molecule has 0 aliphatic heterocycles. The van der Waals surface area contributed by atoms with E-state index in [1.807, 2.05) is 51.1 Å². The Bertz CT molecular complexity index is 986. The van der Waals surface area contributed by atoms with Crippen molar-refractivity contribution in [2.45, 2.75) is 30.6 Å². The van der Waals surface area contributed by atoms with Crippen LogP contribution < -0.4 is 4.74 Å².